The molecule has 0 aliphatic carbocycles. The Morgan fingerprint density at radius 3 is 2.30 bits per heavy atom. The van der Waals surface area contributed by atoms with Gasteiger partial charge in [0.2, 0.25) is 0 Å². The van der Waals surface area contributed by atoms with Crippen molar-refractivity contribution in [2.24, 2.45) is 0 Å². The summed E-state index contributed by atoms with van der Waals surface area (Å²) in [6, 6.07) is 19.3. The van der Waals surface area contributed by atoms with Gasteiger partial charge in [-0.25, -0.2) is 0 Å². The molecule has 3 N–H and O–H groups in total. The lowest BCUT2D eigenvalue weighted by molar-refractivity contribution is 0.0828. The number of nitrogens with two attached hydrogens (primary N) is 1. The zero-order valence-corrected chi connectivity index (χ0v) is 16.8. The average Bonchev–Trinajstić information content (AvgIpc) is 2.85. The molecule has 2 saturated heterocycles. The Morgan fingerprint density at radius 1 is 1.00 bits per heavy atom. The fourth-order valence-corrected chi connectivity index (χ4v) is 4.39. The Balaban J connectivity index is 0.00000131. The molecule has 4 nitrogen and oxygen atoms in total. The number of nitrogens with zero attached hydrogens (tertiary/aromatic N) is 1. The zero-order chi connectivity index (χ0) is 17.2. The lowest BCUT2D eigenvalue weighted by Crippen LogP contribution is -2.49. The molecule has 2 aromatic carbocycles. The predicted octanol–water partition coefficient (Wildman–Crippen LogP) is 4.04. The minimum Gasteiger partial charge on any atom is -0.399 e. The number of halogens is 2. The number of carbonyl (C=O) groups is 1. The van der Waals surface area contributed by atoms with Crippen LogP contribution >= 0.6 is 24.8 Å². The van der Waals surface area contributed by atoms with Gasteiger partial charge in [0.05, 0.1) is 0 Å². The van der Waals surface area contributed by atoms with Crippen LogP contribution in [-0.4, -0.2) is 28.9 Å². The summed E-state index contributed by atoms with van der Waals surface area (Å²) in [5.74, 6) is -0.00629. The summed E-state index contributed by atoms with van der Waals surface area (Å²) < 4.78 is 0. The summed E-state index contributed by atoms with van der Waals surface area (Å²) in [7, 11) is 0. The molecule has 2 aliphatic rings. The Kier molecular flexibility index (Phi) is 7.54. The minimum atomic E-state index is -0.00629. The van der Waals surface area contributed by atoms with Gasteiger partial charge in [-0.05, 0) is 49.4 Å². The van der Waals surface area contributed by atoms with E-state index in [1.165, 1.54) is 18.4 Å². The van der Waals surface area contributed by atoms with Crippen molar-refractivity contribution in [3.63, 3.8) is 0 Å². The fourth-order valence-electron chi connectivity index (χ4n) is 4.39. The molecule has 27 heavy (non-hydrogen) atoms. The standard InChI is InChI=1S/C21H25N3O.2ClH/c22-17-8-4-7-16(11-17)21(25)23-18-12-19-9-10-20(13-18)24(19)14-15-5-2-1-3-6-15;;/h1-8,11,18-20H,9-10,12-14,22H2,(H,23,25);2*1H. The van der Waals surface area contributed by atoms with E-state index >= 15 is 0 Å². The van der Waals surface area contributed by atoms with Crippen LogP contribution in [0.1, 0.15) is 41.6 Å². The summed E-state index contributed by atoms with van der Waals surface area (Å²) in [6.45, 7) is 1.02. The molecule has 2 aromatic rings. The summed E-state index contributed by atoms with van der Waals surface area (Å²) in [5, 5.41) is 3.23. The van der Waals surface area contributed by atoms with E-state index in [9.17, 15) is 4.79 Å². The maximum atomic E-state index is 12.5. The number of anilines is 1. The van der Waals surface area contributed by atoms with E-state index in [1.54, 1.807) is 12.1 Å². The van der Waals surface area contributed by atoms with E-state index in [0.717, 1.165) is 19.4 Å². The molecule has 2 unspecified atom stereocenters. The molecule has 146 valence electrons. The normalized spacial score (nSPS) is 23.8. The van der Waals surface area contributed by atoms with Crippen molar-refractivity contribution in [3.05, 3.63) is 65.7 Å². The molecule has 6 heteroatoms. The van der Waals surface area contributed by atoms with Gasteiger partial charge in [-0.3, -0.25) is 9.69 Å². The highest BCUT2D eigenvalue weighted by molar-refractivity contribution is 5.95. The molecule has 0 saturated carbocycles. The minimum absolute atomic E-state index is 0. The first kappa shape index (κ1) is 21.5. The van der Waals surface area contributed by atoms with Gasteiger partial charge < -0.3 is 11.1 Å². The molecule has 2 aliphatic heterocycles. The largest absolute Gasteiger partial charge is 0.399 e. The molecule has 2 bridgehead atoms. The van der Waals surface area contributed by atoms with E-state index < -0.39 is 0 Å². The van der Waals surface area contributed by atoms with Gasteiger partial charge in [0, 0.05) is 35.9 Å². The first-order valence-corrected chi connectivity index (χ1v) is 9.15. The second kappa shape index (κ2) is 9.45. The Hall–Kier alpha value is -1.75. The van der Waals surface area contributed by atoms with Crippen LogP contribution in [0.3, 0.4) is 0 Å². The van der Waals surface area contributed by atoms with Crippen LogP contribution in [0.15, 0.2) is 54.6 Å². The van der Waals surface area contributed by atoms with E-state index in [4.69, 9.17) is 5.73 Å². The van der Waals surface area contributed by atoms with Crippen LogP contribution in [0.4, 0.5) is 5.69 Å². The van der Waals surface area contributed by atoms with Crippen molar-refractivity contribution >= 4 is 36.4 Å². The number of benzene rings is 2. The third-order valence-electron chi connectivity index (χ3n) is 5.58. The Bertz CT molecular complexity index is 742. The number of nitrogens with one attached hydrogen (secondary N) is 1. The lowest BCUT2D eigenvalue weighted by atomic mass is 9.96. The second-order valence-electron chi connectivity index (χ2n) is 7.31. The van der Waals surface area contributed by atoms with E-state index in [0.29, 0.717) is 23.3 Å². The maximum Gasteiger partial charge on any atom is 0.251 e. The molecular formula is C21H27Cl2N3O. The number of fused-ring (bicyclic) bond motifs is 2. The molecule has 1 amide bonds. The number of carbonyl (C=O) groups excluding carboxylic acids is 1. The van der Waals surface area contributed by atoms with Crippen LogP contribution < -0.4 is 11.1 Å². The highest BCUT2D eigenvalue weighted by Crippen LogP contribution is 2.36. The van der Waals surface area contributed by atoms with Crippen molar-refractivity contribution in [1.82, 2.24) is 10.2 Å². The third kappa shape index (κ3) is 4.95. The first-order valence-electron chi connectivity index (χ1n) is 9.15. The molecule has 2 fully saturated rings. The van der Waals surface area contributed by atoms with Crippen molar-refractivity contribution in [2.45, 2.75) is 50.4 Å². The fraction of sp³-hybridized carbons (Fsp3) is 0.381. The topological polar surface area (TPSA) is 58.4 Å². The zero-order valence-electron chi connectivity index (χ0n) is 15.2. The maximum absolute atomic E-state index is 12.5. The van der Waals surface area contributed by atoms with E-state index in [2.05, 4.69) is 40.5 Å². The van der Waals surface area contributed by atoms with Crippen LogP contribution in [-0.2, 0) is 6.54 Å². The summed E-state index contributed by atoms with van der Waals surface area (Å²) in [5.41, 5.74) is 8.45. The molecule has 4 rings (SSSR count). The van der Waals surface area contributed by atoms with Gasteiger partial charge in [-0.15, -0.1) is 24.8 Å². The highest BCUT2D eigenvalue weighted by atomic mass is 35.5. The Labute approximate surface area is 173 Å². The molecule has 0 aromatic heterocycles. The number of amides is 1. The number of hydrogen-bond donors (Lipinski definition) is 2. The van der Waals surface area contributed by atoms with Crippen LogP contribution in [0.5, 0.6) is 0 Å². The highest BCUT2D eigenvalue weighted by Gasteiger charge is 2.40. The lowest BCUT2D eigenvalue weighted by Gasteiger charge is -2.39. The second-order valence-corrected chi connectivity index (χ2v) is 7.31. The predicted molar refractivity (Wildman–Crippen MR) is 115 cm³/mol. The first-order chi connectivity index (χ1) is 12.2. The monoisotopic (exact) mass is 407 g/mol. The van der Waals surface area contributed by atoms with Crippen molar-refractivity contribution in [3.8, 4) is 0 Å². The van der Waals surface area contributed by atoms with Crippen molar-refractivity contribution in [1.29, 1.82) is 0 Å². The summed E-state index contributed by atoms with van der Waals surface area (Å²) in [6.07, 6.45) is 4.55. The number of hydrogen-bond acceptors (Lipinski definition) is 3. The van der Waals surface area contributed by atoms with E-state index in [-0.39, 0.29) is 36.8 Å². The summed E-state index contributed by atoms with van der Waals surface area (Å²) in [4.78, 5) is 15.1. The molecule has 2 heterocycles. The molecule has 0 radical (unpaired) electrons. The average molecular weight is 408 g/mol. The Morgan fingerprint density at radius 2 is 1.67 bits per heavy atom. The number of piperidine rings is 1. The van der Waals surface area contributed by atoms with Gasteiger partial charge in [0.1, 0.15) is 0 Å². The van der Waals surface area contributed by atoms with Crippen molar-refractivity contribution < 1.29 is 4.79 Å². The van der Waals surface area contributed by atoms with Gasteiger partial charge >= 0.3 is 0 Å². The van der Waals surface area contributed by atoms with Crippen LogP contribution in [0, 0.1) is 0 Å². The van der Waals surface area contributed by atoms with Gasteiger partial charge in [0.15, 0.2) is 0 Å². The number of nitrogen functional groups attached to an aromatic ring is 1. The molecule has 2 atom stereocenters. The number of rotatable bonds is 4. The van der Waals surface area contributed by atoms with Crippen LogP contribution in [0.2, 0.25) is 0 Å². The smallest absolute Gasteiger partial charge is 0.251 e. The molecular weight excluding hydrogens is 381 g/mol. The van der Waals surface area contributed by atoms with E-state index in [1.807, 2.05) is 12.1 Å². The van der Waals surface area contributed by atoms with Crippen LogP contribution in [0.25, 0.3) is 0 Å². The SMILES string of the molecule is Cl.Cl.Nc1cccc(C(=O)NC2CC3CCC(C2)N3Cc2ccccc2)c1. The van der Waals surface area contributed by atoms with Gasteiger partial charge in [0.25, 0.3) is 5.91 Å². The third-order valence-corrected chi connectivity index (χ3v) is 5.58. The van der Waals surface area contributed by atoms with Gasteiger partial charge in [-0.2, -0.15) is 0 Å². The summed E-state index contributed by atoms with van der Waals surface area (Å²) >= 11 is 0. The van der Waals surface area contributed by atoms with Gasteiger partial charge in [-0.1, -0.05) is 36.4 Å². The molecule has 0 spiro atoms. The van der Waals surface area contributed by atoms with Crippen molar-refractivity contribution in [2.75, 3.05) is 5.73 Å². The quantitative estimate of drug-likeness (QED) is 0.751.